The van der Waals surface area contributed by atoms with Gasteiger partial charge < -0.3 is 5.32 Å². The Morgan fingerprint density at radius 1 is 0.963 bits per heavy atom. The van der Waals surface area contributed by atoms with Gasteiger partial charge in [-0.25, -0.2) is 8.42 Å². The standard InChI is InChI=1S/C21H26N2O3S/c1-15-8-9-19(14-17(15)3)27(25,26)23-12-10-18(11-13-23)21(24)22-20-7-5-4-6-16(20)2/h4-9,14,18H,10-13H2,1-3H3,(H,22,24). The third-order valence-corrected chi connectivity index (χ3v) is 7.24. The number of carbonyl (C=O) groups excluding carboxylic acids is 1. The average molecular weight is 387 g/mol. The van der Waals surface area contributed by atoms with Gasteiger partial charge in [-0.3, -0.25) is 4.79 Å². The zero-order chi connectivity index (χ0) is 19.6. The molecule has 2 aromatic carbocycles. The zero-order valence-corrected chi connectivity index (χ0v) is 16.8. The molecule has 0 atom stereocenters. The van der Waals surface area contributed by atoms with E-state index in [1.807, 2.05) is 51.1 Å². The van der Waals surface area contributed by atoms with Crippen molar-refractivity contribution in [2.75, 3.05) is 18.4 Å². The number of nitrogens with zero attached hydrogens (tertiary/aromatic N) is 1. The molecule has 0 unspecified atom stereocenters. The Hall–Kier alpha value is -2.18. The Balaban J connectivity index is 1.65. The number of hydrogen-bond donors (Lipinski definition) is 1. The van der Waals surface area contributed by atoms with Gasteiger partial charge in [0.25, 0.3) is 0 Å². The molecule has 2 aromatic rings. The number of aryl methyl sites for hydroxylation is 3. The highest BCUT2D eigenvalue weighted by Crippen LogP contribution is 2.26. The Morgan fingerprint density at radius 3 is 2.26 bits per heavy atom. The predicted molar refractivity (Wildman–Crippen MR) is 107 cm³/mol. The number of hydrogen-bond acceptors (Lipinski definition) is 3. The third-order valence-electron chi connectivity index (χ3n) is 5.34. The molecule has 0 aliphatic carbocycles. The van der Waals surface area contributed by atoms with Crippen molar-refractivity contribution >= 4 is 21.6 Å². The fraction of sp³-hybridized carbons (Fsp3) is 0.381. The van der Waals surface area contributed by atoms with Crippen molar-refractivity contribution in [2.45, 2.75) is 38.5 Å². The highest BCUT2D eigenvalue weighted by molar-refractivity contribution is 7.89. The summed E-state index contributed by atoms with van der Waals surface area (Å²) < 4.78 is 27.3. The predicted octanol–water partition coefficient (Wildman–Crippen LogP) is 3.65. The van der Waals surface area contributed by atoms with E-state index in [0.29, 0.717) is 30.8 Å². The second-order valence-corrected chi connectivity index (χ2v) is 9.17. The third kappa shape index (κ3) is 4.22. The number of anilines is 1. The lowest BCUT2D eigenvalue weighted by atomic mass is 9.97. The molecule has 144 valence electrons. The number of piperidine rings is 1. The summed E-state index contributed by atoms with van der Waals surface area (Å²) in [5.41, 5.74) is 3.86. The van der Waals surface area contributed by atoms with Crippen molar-refractivity contribution in [1.29, 1.82) is 0 Å². The summed E-state index contributed by atoms with van der Waals surface area (Å²) in [5.74, 6) is -0.205. The summed E-state index contributed by atoms with van der Waals surface area (Å²) in [5, 5.41) is 2.97. The molecule has 1 N–H and O–H groups in total. The number of benzene rings is 2. The van der Waals surface area contributed by atoms with Gasteiger partial charge in [0.1, 0.15) is 0 Å². The van der Waals surface area contributed by atoms with E-state index in [1.165, 1.54) is 4.31 Å². The van der Waals surface area contributed by atoms with E-state index >= 15 is 0 Å². The number of sulfonamides is 1. The number of carbonyl (C=O) groups is 1. The Morgan fingerprint density at radius 2 is 1.63 bits per heavy atom. The van der Waals surface area contributed by atoms with Gasteiger partial charge in [0.2, 0.25) is 15.9 Å². The van der Waals surface area contributed by atoms with Gasteiger partial charge in [0.05, 0.1) is 4.90 Å². The van der Waals surface area contributed by atoms with Crippen LogP contribution < -0.4 is 5.32 Å². The minimum atomic E-state index is -3.51. The van der Waals surface area contributed by atoms with Gasteiger partial charge in [-0.2, -0.15) is 4.31 Å². The van der Waals surface area contributed by atoms with Gasteiger partial charge in [-0.05, 0) is 68.5 Å². The van der Waals surface area contributed by atoms with Crippen LogP contribution in [0.3, 0.4) is 0 Å². The molecule has 0 bridgehead atoms. The maximum atomic E-state index is 12.9. The van der Waals surface area contributed by atoms with Gasteiger partial charge in [0.15, 0.2) is 0 Å². The van der Waals surface area contributed by atoms with Gasteiger partial charge in [-0.15, -0.1) is 0 Å². The summed E-state index contributed by atoms with van der Waals surface area (Å²) >= 11 is 0. The van der Waals surface area contributed by atoms with Crippen LogP contribution in [-0.4, -0.2) is 31.7 Å². The highest BCUT2D eigenvalue weighted by atomic mass is 32.2. The van der Waals surface area contributed by atoms with Crippen LogP contribution in [-0.2, 0) is 14.8 Å². The molecule has 6 heteroatoms. The van der Waals surface area contributed by atoms with E-state index in [9.17, 15) is 13.2 Å². The molecule has 1 aliphatic heterocycles. The highest BCUT2D eigenvalue weighted by Gasteiger charge is 2.32. The van der Waals surface area contributed by atoms with Crippen LogP contribution in [0.15, 0.2) is 47.4 Å². The maximum absolute atomic E-state index is 12.9. The molecule has 1 fully saturated rings. The number of para-hydroxylation sites is 1. The number of amides is 1. The molecule has 0 aromatic heterocycles. The molecule has 0 radical (unpaired) electrons. The first kappa shape index (κ1) is 19.6. The number of nitrogens with one attached hydrogen (secondary N) is 1. The van der Waals surface area contributed by atoms with E-state index in [1.54, 1.807) is 12.1 Å². The van der Waals surface area contributed by atoms with E-state index in [0.717, 1.165) is 22.4 Å². The van der Waals surface area contributed by atoms with Crippen molar-refractivity contribution in [3.05, 3.63) is 59.2 Å². The topological polar surface area (TPSA) is 66.5 Å². The van der Waals surface area contributed by atoms with Crippen LogP contribution in [0.5, 0.6) is 0 Å². The van der Waals surface area contributed by atoms with Crippen molar-refractivity contribution in [3.8, 4) is 0 Å². The van der Waals surface area contributed by atoms with Crippen molar-refractivity contribution < 1.29 is 13.2 Å². The fourth-order valence-corrected chi connectivity index (χ4v) is 4.89. The lowest BCUT2D eigenvalue weighted by molar-refractivity contribution is -0.120. The van der Waals surface area contributed by atoms with Crippen LogP contribution in [0.4, 0.5) is 5.69 Å². The molecule has 1 heterocycles. The molecule has 0 spiro atoms. The minimum Gasteiger partial charge on any atom is -0.326 e. The maximum Gasteiger partial charge on any atom is 0.243 e. The Kier molecular flexibility index (Phi) is 5.67. The monoisotopic (exact) mass is 386 g/mol. The van der Waals surface area contributed by atoms with E-state index in [2.05, 4.69) is 5.32 Å². The molecule has 1 aliphatic rings. The average Bonchev–Trinajstić information content (AvgIpc) is 2.65. The molecular weight excluding hydrogens is 360 g/mol. The summed E-state index contributed by atoms with van der Waals surface area (Å²) in [6.45, 7) is 6.55. The van der Waals surface area contributed by atoms with E-state index in [-0.39, 0.29) is 11.8 Å². The van der Waals surface area contributed by atoms with Crippen molar-refractivity contribution in [3.63, 3.8) is 0 Å². The van der Waals surface area contributed by atoms with E-state index < -0.39 is 10.0 Å². The van der Waals surface area contributed by atoms with Crippen LogP contribution in [0.2, 0.25) is 0 Å². The first-order valence-corrected chi connectivity index (χ1v) is 10.7. The lowest BCUT2D eigenvalue weighted by Gasteiger charge is -2.30. The normalized spacial score (nSPS) is 16.3. The van der Waals surface area contributed by atoms with Crippen LogP contribution in [0, 0.1) is 26.7 Å². The summed E-state index contributed by atoms with van der Waals surface area (Å²) in [6.07, 6.45) is 1.06. The van der Waals surface area contributed by atoms with Gasteiger partial charge >= 0.3 is 0 Å². The summed E-state index contributed by atoms with van der Waals surface area (Å²) in [6, 6.07) is 12.9. The fourth-order valence-electron chi connectivity index (χ4n) is 3.33. The molecule has 27 heavy (non-hydrogen) atoms. The first-order valence-electron chi connectivity index (χ1n) is 9.23. The van der Waals surface area contributed by atoms with Crippen LogP contribution in [0.1, 0.15) is 29.5 Å². The number of rotatable bonds is 4. The Labute approximate surface area is 161 Å². The molecular formula is C21H26N2O3S. The second kappa shape index (κ2) is 7.82. The lowest BCUT2D eigenvalue weighted by Crippen LogP contribution is -2.41. The van der Waals surface area contributed by atoms with E-state index in [4.69, 9.17) is 0 Å². The summed E-state index contributed by atoms with van der Waals surface area (Å²) in [4.78, 5) is 12.9. The van der Waals surface area contributed by atoms with Gasteiger partial charge in [0, 0.05) is 24.7 Å². The quantitative estimate of drug-likeness (QED) is 0.872. The first-order chi connectivity index (χ1) is 12.8. The molecule has 5 nitrogen and oxygen atoms in total. The minimum absolute atomic E-state index is 0.0347. The molecule has 3 rings (SSSR count). The van der Waals surface area contributed by atoms with Crippen LogP contribution in [0.25, 0.3) is 0 Å². The molecule has 1 saturated heterocycles. The molecule has 1 amide bonds. The van der Waals surface area contributed by atoms with Crippen molar-refractivity contribution in [1.82, 2.24) is 4.31 Å². The smallest absolute Gasteiger partial charge is 0.243 e. The zero-order valence-electron chi connectivity index (χ0n) is 16.0. The van der Waals surface area contributed by atoms with Crippen molar-refractivity contribution in [2.24, 2.45) is 5.92 Å². The second-order valence-electron chi connectivity index (χ2n) is 7.23. The van der Waals surface area contributed by atoms with Crippen LogP contribution >= 0.6 is 0 Å². The SMILES string of the molecule is Cc1ccc(S(=O)(=O)N2CCC(C(=O)Nc3ccccc3C)CC2)cc1C. The van der Waals surface area contributed by atoms with Gasteiger partial charge in [-0.1, -0.05) is 24.3 Å². The summed E-state index contributed by atoms with van der Waals surface area (Å²) in [7, 11) is -3.51. The largest absolute Gasteiger partial charge is 0.326 e. The Bertz CT molecular complexity index is 946. The molecule has 0 saturated carbocycles.